The molecule has 0 aliphatic rings. The molecule has 98 valence electrons. The lowest BCUT2D eigenvalue weighted by Gasteiger charge is -1.98. The number of nitrogens with one attached hydrogen (secondary N) is 2. The molecule has 5 N–H and O–H groups in total. The van der Waals surface area contributed by atoms with Crippen molar-refractivity contribution in [3.05, 3.63) is 33.8 Å². The molecule has 1 aromatic carbocycles. The van der Waals surface area contributed by atoms with E-state index in [2.05, 4.69) is 15.9 Å². The van der Waals surface area contributed by atoms with Crippen molar-refractivity contribution >= 4 is 41.3 Å². The van der Waals surface area contributed by atoms with Gasteiger partial charge in [-0.25, -0.2) is 5.43 Å². The summed E-state index contributed by atoms with van der Waals surface area (Å²) in [5, 5.41) is 15.1. The number of guanidine groups is 1. The van der Waals surface area contributed by atoms with Gasteiger partial charge in [0.25, 0.3) is 5.97 Å². The van der Waals surface area contributed by atoms with E-state index in [0.717, 1.165) is 6.92 Å². The van der Waals surface area contributed by atoms with Crippen LogP contribution in [0.1, 0.15) is 12.5 Å². The quantitative estimate of drug-likeness (QED) is 0.379. The van der Waals surface area contributed by atoms with Gasteiger partial charge >= 0.3 is 0 Å². The van der Waals surface area contributed by atoms with E-state index in [-0.39, 0.29) is 5.96 Å². The second kappa shape index (κ2) is 8.32. The first-order valence-corrected chi connectivity index (χ1v) is 5.33. The maximum atomic E-state index is 9.00. The first-order valence-electron chi connectivity index (χ1n) is 5.02. The Labute approximate surface area is 115 Å². The van der Waals surface area contributed by atoms with Crippen molar-refractivity contribution in [3.8, 4) is 0 Å². The number of hydrazone groups is 1. The van der Waals surface area contributed by atoms with Gasteiger partial charge in [0.15, 0.2) is 1.41 Å². The van der Waals surface area contributed by atoms with E-state index in [1.165, 1.54) is 6.21 Å². The fraction of sp³-hybridized carbons (Fsp3) is 0.100. The molecule has 0 aromatic heterocycles. The second-order valence-electron chi connectivity index (χ2n) is 2.94. The van der Waals surface area contributed by atoms with Gasteiger partial charge in [-0.2, -0.15) is 5.10 Å². The zero-order valence-electron chi connectivity index (χ0n) is 10.4. The van der Waals surface area contributed by atoms with Crippen LogP contribution in [0, 0.1) is 5.40 Å². The SMILES string of the molecule is CC(=O)O.[H]/N=C(\N)NN=Cc1cc(Cl)ccc1Cl. The van der Waals surface area contributed by atoms with Crippen LogP contribution in [0.15, 0.2) is 23.3 Å². The number of rotatable bonds is 2. The molecular weight excluding hydrogens is 279 g/mol. The number of carbonyl (C=O) groups is 1. The third-order valence-electron chi connectivity index (χ3n) is 1.34. The Morgan fingerprint density at radius 2 is 2.28 bits per heavy atom. The molecule has 0 aliphatic heterocycles. The van der Waals surface area contributed by atoms with Crippen LogP contribution in [0.4, 0.5) is 0 Å². The highest BCUT2D eigenvalue weighted by Gasteiger charge is 1.97. The molecule has 1 rings (SSSR count). The van der Waals surface area contributed by atoms with Crippen LogP contribution >= 0.6 is 23.2 Å². The summed E-state index contributed by atoms with van der Waals surface area (Å²) < 4.78 is 6.55. The van der Waals surface area contributed by atoms with Crippen LogP contribution in [-0.2, 0) is 4.79 Å². The molecule has 0 fully saturated rings. The Kier molecular flexibility index (Phi) is 6.60. The van der Waals surface area contributed by atoms with Gasteiger partial charge < -0.3 is 10.8 Å². The van der Waals surface area contributed by atoms with Crippen molar-refractivity contribution in [2.45, 2.75) is 6.92 Å². The normalized spacial score (nSPS) is 11.5. The van der Waals surface area contributed by atoms with E-state index < -0.39 is 5.97 Å². The number of carboxylic acids is 1. The molecular formula is C10H12Cl2N4O2. The zero-order chi connectivity index (χ0) is 14.8. The highest BCUT2D eigenvalue weighted by molar-refractivity contribution is 6.35. The Morgan fingerprint density at radius 1 is 1.67 bits per heavy atom. The van der Waals surface area contributed by atoms with Crippen LogP contribution in [0.3, 0.4) is 0 Å². The minimum absolute atomic E-state index is 0.107. The summed E-state index contributed by atoms with van der Waals surface area (Å²) >= 11 is 11.6. The van der Waals surface area contributed by atoms with Gasteiger partial charge in [0, 0.05) is 22.5 Å². The minimum atomic E-state index is -0.833. The zero-order valence-corrected chi connectivity index (χ0v) is 10.9. The second-order valence-corrected chi connectivity index (χ2v) is 3.78. The van der Waals surface area contributed by atoms with E-state index in [4.69, 9.17) is 40.2 Å². The molecule has 0 spiro atoms. The van der Waals surface area contributed by atoms with Crippen LogP contribution in [0.25, 0.3) is 0 Å². The molecule has 0 heterocycles. The first kappa shape index (κ1) is 14.3. The molecule has 0 aliphatic carbocycles. The van der Waals surface area contributed by atoms with Crippen molar-refractivity contribution in [2.24, 2.45) is 10.8 Å². The number of halogens is 2. The predicted octanol–water partition coefficient (Wildman–Crippen LogP) is 1.90. The lowest BCUT2D eigenvalue weighted by atomic mass is 10.2. The minimum Gasteiger partial charge on any atom is -0.481 e. The average Bonchev–Trinajstić information content (AvgIpc) is 2.32. The van der Waals surface area contributed by atoms with Crippen LogP contribution in [0.5, 0.6) is 0 Å². The maximum absolute atomic E-state index is 9.00. The molecule has 0 unspecified atom stereocenters. The standard InChI is InChI=1S/C8H8Cl2N4.C2H4O2/c9-6-1-2-7(10)5(3-6)4-13-14-8(11)12;1-2(3)4/h1-4H,(H4,11,12,14);1H3,(H,3,4). The van der Waals surface area contributed by atoms with Crippen molar-refractivity contribution in [1.29, 1.82) is 5.40 Å². The van der Waals surface area contributed by atoms with Crippen molar-refractivity contribution < 1.29 is 11.3 Å². The van der Waals surface area contributed by atoms with Gasteiger partial charge in [-0.1, -0.05) is 23.2 Å². The van der Waals surface area contributed by atoms with Crippen molar-refractivity contribution in [1.82, 2.24) is 5.43 Å². The van der Waals surface area contributed by atoms with Crippen molar-refractivity contribution in [3.63, 3.8) is 0 Å². The number of benzene rings is 1. The summed E-state index contributed by atoms with van der Waals surface area (Å²) in [4.78, 5) is 9.00. The van der Waals surface area contributed by atoms with Gasteiger partial charge in [0.1, 0.15) is 0 Å². The van der Waals surface area contributed by atoms with E-state index in [1.54, 1.807) is 18.2 Å². The number of hydrogen-bond donors (Lipinski definition) is 4. The first-order chi connectivity index (χ1) is 8.86. The molecule has 18 heavy (non-hydrogen) atoms. The summed E-state index contributed by atoms with van der Waals surface area (Å²) in [6.45, 7) is 1.08. The van der Waals surface area contributed by atoms with Crippen LogP contribution in [0.2, 0.25) is 11.5 Å². The summed E-state index contributed by atoms with van der Waals surface area (Å²) in [5.41, 5.74) is 8.17. The molecule has 1 aromatic rings. The molecule has 0 bridgehead atoms. The smallest absolute Gasteiger partial charge is 0.300 e. The van der Waals surface area contributed by atoms with Gasteiger partial charge in [-0.15, -0.1) is 0 Å². The maximum Gasteiger partial charge on any atom is 0.300 e. The number of nitrogens with zero attached hydrogens (tertiary/aromatic N) is 1. The Morgan fingerprint density at radius 3 is 2.83 bits per heavy atom. The fourth-order valence-corrected chi connectivity index (χ4v) is 1.13. The van der Waals surface area contributed by atoms with Gasteiger partial charge in [-0.05, 0) is 18.2 Å². The van der Waals surface area contributed by atoms with Crippen LogP contribution < -0.4 is 11.2 Å². The monoisotopic (exact) mass is 290 g/mol. The molecule has 8 heteroatoms. The lowest BCUT2D eigenvalue weighted by molar-refractivity contribution is -0.134. The van der Waals surface area contributed by atoms with E-state index in [1.807, 2.05) is 0 Å². The summed E-state index contributed by atoms with van der Waals surface area (Å²) in [7, 11) is 0. The summed E-state index contributed by atoms with van der Waals surface area (Å²) in [5.74, 6) is -0.940. The number of carboxylic acid groups (broad SMARTS) is 1. The van der Waals surface area contributed by atoms with E-state index in [0.29, 0.717) is 15.6 Å². The predicted molar refractivity (Wildman–Crippen MR) is 72.4 cm³/mol. The third kappa shape index (κ3) is 8.37. The number of aliphatic carboxylic acids is 1. The van der Waals surface area contributed by atoms with E-state index in [9.17, 15) is 0 Å². The van der Waals surface area contributed by atoms with Gasteiger partial charge in [0.05, 0.1) is 6.21 Å². The molecule has 0 amide bonds. The topological polar surface area (TPSA) is 112 Å². The molecule has 0 saturated heterocycles. The summed E-state index contributed by atoms with van der Waals surface area (Å²) in [6, 6.07) is 4.99. The largest absolute Gasteiger partial charge is 0.481 e. The number of hydrogen-bond acceptors (Lipinski definition) is 3. The average molecular weight is 291 g/mol. The van der Waals surface area contributed by atoms with Crippen molar-refractivity contribution in [2.75, 3.05) is 0 Å². The van der Waals surface area contributed by atoms with Gasteiger partial charge in [-0.3, -0.25) is 10.2 Å². The Hall–Kier alpha value is -1.79. The lowest BCUT2D eigenvalue weighted by Crippen LogP contribution is -2.25. The number of nitrogens with two attached hydrogens (primary N) is 1. The molecule has 0 saturated carbocycles. The summed E-state index contributed by atoms with van der Waals surface area (Å²) in [6.07, 6.45) is 1.44. The van der Waals surface area contributed by atoms with Gasteiger partial charge in [0.2, 0.25) is 5.96 Å². The Bertz CT molecular complexity index is 490. The molecule has 6 nitrogen and oxygen atoms in total. The molecule has 0 atom stereocenters. The van der Waals surface area contributed by atoms with Crippen LogP contribution in [-0.4, -0.2) is 23.2 Å². The fourth-order valence-electron chi connectivity index (χ4n) is 0.781. The van der Waals surface area contributed by atoms with E-state index >= 15 is 0 Å². The highest BCUT2D eigenvalue weighted by Crippen LogP contribution is 2.18. The highest BCUT2D eigenvalue weighted by atomic mass is 35.5. The Balaban J connectivity index is 0.000000711. The third-order valence-corrected chi connectivity index (χ3v) is 1.92. The molecule has 0 radical (unpaired) electrons.